The number of carbonyl (C=O) groups excluding carboxylic acids is 1. The third-order valence-corrected chi connectivity index (χ3v) is 8.87. The number of hydrogen-bond acceptors (Lipinski definition) is 9. The minimum absolute atomic E-state index is 0.0133. The van der Waals surface area contributed by atoms with Gasteiger partial charge in [0.1, 0.15) is 0 Å². The molecule has 1 saturated heterocycles. The number of carbonyl (C=O) groups is 1. The molecule has 4 atom stereocenters. The summed E-state index contributed by atoms with van der Waals surface area (Å²) in [5, 5.41) is 18.8. The molecule has 11 nitrogen and oxygen atoms in total. The quantitative estimate of drug-likeness (QED) is 0.232. The number of anilines is 2. The number of hydrogen-bond donors (Lipinski definition) is 2. The molecule has 1 fully saturated rings. The molecular weight excluding hydrogens is 568 g/mol. The molecule has 45 heavy (non-hydrogen) atoms. The second-order valence-corrected chi connectivity index (χ2v) is 13.2. The Hall–Kier alpha value is -4.38. The summed E-state index contributed by atoms with van der Waals surface area (Å²) in [5.74, 6) is 1.82. The SMILES string of the molecule is C=CC(C1CCC[C@@H](NC(=O)c2nnc(C(C)(C)C)o2)c2ccc(-c3ccnc(Nc4cnn(C)c4)n3)cc2C1)[C@@H]1CCOC1. The number of nitrogens with one attached hydrogen (secondary N) is 2. The van der Waals surface area contributed by atoms with E-state index in [4.69, 9.17) is 14.1 Å². The molecule has 0 spiro atoms. The standard InChI is InChI=1S/C34H42N8O3/c1-6-26(23-13-15-44-20-23)21-8-7-9-29(38-30(43)31-40-41-32(45-31)34(2,3)4)27-11-10-22(17-24(27)16-21)28-12-14-35-33(39-28)37-25-18-36-42(5)19-25/h6,10-12,14,17-19,21,23,26,29H,1,7-9,13,15-16,20H2,2-5H3,(H,38,43)(H,35,37,39)/t21?,23-,26?,29-/m1/s1. The summed E-state index contributed by atoms with van der Waals surface area (Å²) in [6.07, 6.45) is 12.2. The topological polar surface area (TPSA) is 133 Å². The molecule has 0 radical (unpaired) electrons. The maximum atomic E-state index is 13.4. The molecule has 0 bridgehead atoms. The van der Waals surface area contributed by atoms with E-state index < -0.39 is 0 Å². The molecule has 1 aliphatic heterocycles. The molecule has 4 aromatic rings. The number of aryl methyl sites for hydroxylation is 1. The molecule has 2 N–H and O–H groups in total. The highest BCUT2D eigenvalue weighted by Crippen LogP contribution is 2.39. The van der Waals surface area contributed by atoms with E-state index in [9.17, 15) is 4.79 Å². The van der Waals surface area contributed by atoms with E-state index in [1.165, 1.54) is 5.56 Å². The summed E-state index contributed by atoms with van der Waals surface area (Å²) >= 11 is 0. The molecule has 0 saturated carbocycles. The van der Waals surface area contributed by atoms with E-state index in [-0.39, 0.29) is 23.3 Å². The van der Waals surface area contributed by atoms with Crippen molar-refractivity contribution in [2.75, 3.05) is 18.5 Å². The summed E-state index contributed by atoms with van der Waals surface area (Å²) in [6, 6.07) is 8.15. The van der Waals surface area contributed by atoms with E-state index >= 15 is 0 Å². The minimum atomic E-state index is -0.357. The average Bonchev–Trinajstić information content (AvgIpc) is 3.79. The fourth-order valence-corrected chi connectivity index (χ4v) is 6.54. The number of benzene rings is 1. The third kappa shape index (κ3) is 6.98. The molecule has 6 rings (SSSR count). The molecule has 1 aromatic carbocycles. The maximum Gasteiger partial charge on any atom is 0.309 e. The number of rotatable bonds is 8. The van der Waals surface area contributed by atoms with Crippen molar-refractivity contribution < 1.29 is 13.9 Å². The van der Waals surface area contributed by atoms with Crippen molar-refractivity contribution in [2.24, 2.45) is 24.8 Å². The van der Waals surface area contributed by atoms with E-state index in [0.29, 0.717) is 29.6 Å². The lowest BCUT2D eigenvalue weighted by molar-refractivity contribution is 0.0893. The first-order valence-electron chi connectivity index (χ1n) is 15.7. The highest BCUT2D eigenvalue weighted by molar-refractivity contribution is 5.89. The fourth-order valence-electron chi connectivity index (χ4n) is 6.54. The zero-order valence-corrected chi connectivity index (χ0v) is 26.5. The van der Waals surface area contributed by atoms with Gasteiger partial charge >= 0.3 is 11.8 Å². The van der Waals surface area contributed by atoms with Crippen LogP contribution in [0.4, 0.5) is 11.6 Å². The Morgan fingerprint density at radius 2 is 2.02 bits per heavy atom. The van der Waals surface area contributed by atoms with Crippen molar-refractivity contribution in [3.8, 4) is 11.3 Å². The number of nitrogens with zero attached hydrogens (tertiary/aromatic N) is 6. The molecule has 1 aliphatic carbocycles. The summed E-state index contributed by atoms with van der Waals surface area (Å²) in [6.45, 7) is 11.8. The Morgan fingerprint density at radius 3 is 2.73 bits per heavy atom. The van der Waals surface area contributed by atoms with Gasteiger partial charge in [-0.05, 0) is 66.7 Å². The molecular formula is C34H42N8O3. The van der Waals surface area contributed by atoms with Gasteiger partial charge in [-0.1, -0.05) is 45.4 Å². The molecule has 2 unspecified atom stereocenters. The zero-order chi connectivity index (χ0) is 31.6. The molecule has 11 heteroatoms. The van der Waals surface area contributed by atoms with Crippen molar-refractivity contribution in [3.05, 3.63) is 78.4 Å². The van der Waals surface area contributed by atoms with Crippen LogP contribution in [-0.2, 0) is 23.6 Å². The van der Waals surface area contributed by atoms with Gasteiger partial charge in [-0.25, -0.2) is 9.97 Å². The monoisotopic (exact) mass is 610 g/mol. The molecule has 4 heterocycles. The van der Waals surface area contributed by atoms with Gasteiger partial charge < -0.3 is 19.8 Å². The van der Waals surface area contributed by atoms with Crippen LogP contribution in [0.25, 0.3) is 11.3 Å². The van der Waals surface area contributed by atoms with Crippen molar-refractivity contribution >= 4 is 17.5 Å². The highest BCUT2D eigenvalue weighted by Gasteiger charge is 2.33. The largest absolute Gasteiger partial charge is 0.416 e. The van der Waals surface area contributed by atoms with Crippen LogP contribution in [0.15, 0.2) is 59.9 Å². The van der Waals surface area contributed by atoms with E-state index in [0.717, 1.165) is 67.8 Å². The highest BCUT2D eigenvalue weighted by atomic mass is 16.5. The number of fused-ring (bicyclic) bond motifs is 1. The predicted molar refractivity (Wildman–Crippen MR) is 171 cm³/mol. The van der Waals surface area contributed by atoms with Crippen LogP contribution in [0.3, 0.4) is 0 Å². The summed E-state index contributed by atoms with van der Waals surface area (Å²) in [5.41, 5.74) is 4.56. The lowest BCUT2D eigenvalue weighted by Crippen LogP contribution is -2.32. The lowest BCUT2D eigenvalue weighted by atomic mass is 9.73. The van der Waals surface area contributed by atoms with Gasteiger partial charge in [0.2, 0.25) is 11.8 Å². The fraction of sp³-hybridized carbons (Fsp3) is 0.471. The van der Waals surface area contributed by atoms with Crippen LogP contribution in [0, 0.1) is 17.8 Å². The zero-order valence-electron chi connectivity index (χ0n) is 26.5. The van der Waals surface area contributed by atoms with Crippen molar-refractivity contribution in [1.29, 1.82) is 0 Å². The summed E-state index contributed by atoms with van der Waals surface area (Å²) in [4.78, 5) is 22.6. The van der Waals surface area contributed by atoms with Gasteiger partial charge in [0.15, 0.2) is 0 Å². The summed E-state index contributed by atoms with van der Waals surface area (Å²) < 4.78 is 13.3. The third-order valence-electron chi connectivity index (χ3n) is 8.87. The smallest absolute Gasteiger partial charge is 0.309 e. The minimum Gasteiger partial charge on any atom is -0.416 e. The number of allylic oxidation sites excluding steroid dienone is 1. The van der Waals surface area contributed by atoms with Crippen LogP contribution in [0.5, 0.6) is 0 Å². The van der Waals surface area contributed by atoms with Crippen LogP contribution in [-0.4, -0.2) is 49.1 Å². The normalized spacial score (nSPS) is 20.9. The Bertz CT molecular complexity index is 1650. The number of amides is 1. The number of ether oxygens (including phenoxy) is 1. The van der Waals surface area contributed by atoms with Crippen LogP contribution >= 0.6 is 0 Å². The molecule has 2 aliphatic rings. The molecule has 1 amide bonds. The van der Waals surface area contributed by atoms with Crippen LogP contribution < -0.4 is 10.6 Å². The maximum absolute atomic E-state index is 13.4. The second kappa shape index (κ2) is 12.9. The average molecular weight is 611 g/mol. The van der Waals surface area contributed by atoms with Crippen LogP contribution in [0.2, 0.25) is 0 Å². The van der Waals surface area contributed by atoms with Gasteiger partial charge in [-0.2, -0.15) is 5.10 Å². The first-order valence-corrected chi connectivity index (χ1v) is 15.7. The molecule has 236 valence electrons. The van der Waals surface area contributed by atoms with Crippen molar-refractivity contribution in [3.63, 3.8) is 0 Å². The Morgan fingerprint density at radius 1 is 1.16 bits per heavy atom. The number of aromatic nitrogens is 6. The van der Waals surface area contributed by atoms with Gasteiger partial charge in [-0.3, -0.25) is 9.48 Å². The Labute approximate surface area is 263 Å². The van der Waals surface area contributed by atoms with Gasteiger partial charge in [0.05, 0.1) is 30.2 Å². The van der Waals surface area contributed by atoms with Crippen molar-refractivity contribution in [2.45, 2.75) is 64.3 Å². The van der Waals surface area contributed by atoms with Crippen molar-refractivity contribution in [1.82, 2.24) is 35.3 Å². The first kappa shape index (κ1) is 30.6. The van der Waals surface area contributed by atoms with Gasteiger partial charge in [-0.15, -0.1) is 16.8 Å². The van der Waals surface area contributed by atoms with Gasteiger partial charge in [0.25, 0.3) is 0 Å². The Balaban J connectivity index is 1.32. The predicted octanol–water partition coefficient (Wildman–Crippen LogP) is 5.95. The van der Waals surface area contributed by atoms with Crippen LogP contribution in [0.1, 0.15) is 80.2 Å². The second-order valence-electron chi connectivity index (χ2n) is 13.2. The Kier molecular flexibility index (Phi) is 8.80. The summed E-state index contributed by atoms with van der Waals surface area (Å²) in [7, 11) is 1.87. The molecule has 3 aromatic heterocycles. The first-order chi connectivity index (χ1) is 21.7. The lowest BCUT2D eigenvalue weighted by Gasteiger charge is -2.33. The van der Waals surface area contributed by atoms with Gasteiger partial charge in [0, 0.05) is 37.0 Å². The van der Waals surface area contributed by atoms with E-state index in [1.54, 1.807) is 17.1 Å². The van der Waals surface area contributed by atoms with E-state index in [2.05, 4.69) is 61.8 Å². The van der Waals surface area contributed by atoms with E-state index in [1.807, 2.05) is 40.1 Å².